The summed E-state index contributed by atoms with van der Waals surface area (Å²) in [6.45, 7) is 7.80. The van der Waals surface area contributed by atoms with Gasteiger partial charge in [-0.25, -0.2) is 4.79 Å². The van der Waals surface area contributed by atoms with E-state index in [2.05, 4.69) is 6.92 Å². The molecule has 0 saturated carbocycles. The highest BCUT2D eigenvalue weighted by atomic mass is 16.2. The minimum absolute atomic E-state index is 0.238. The molecule has 1 aliphatic heterocycles. The predicted octanol–water partition coefficient (Wildman–Crippen LogP) is 1.93. The molecule has 1 rings (SSSR count). The molecule has 1 aliphatic rings. The van der Waals surface area contributed by atoms with E-state index in [-0.39, 0.29) is 6.03 Å². The van der Waals surface area contributed by atoms with Crippen LogP contribution in [-0.2, 0) is 0 Å². The van der Waals surface area contributed by atoms with Gasteiger partial charge in [-0.3, -0.25) is 0 Å². The van der Waals surface area contributed by atoms with Crippen molar-refractivity contribution in [2.24, 2.45) is 0 Å². The van der Waals surface area contributed by atoms with E-state index >= 15 is 0 Å². The van der Waals surface area contributed by atoms with Crippen molar-refractivity contribution in [3.8, 4) is 0 Å². The average molecular weight is 184 g/mol. The van der Waals surface area contributed by atoms with Crippen molar-refractivity contribution in [2.45, 2.75) is 33.1 Å². The molecule has 0 aliphatic carbocycles. The van der Waals surface area contributed by atoms with Crippen molar-refractivity contribution in [2.75, 3.05) is 26.2 Å². The molecule has 1 heterocycles. The Bertz CT molecular complexity index is 164. The lowest BCUT2D eigenvalue weighted by atomic mass is 10.4. The van der Waals surface area contributed by atoms with Crippen LogP contribution >= 0.6 is 0 Å². The zero-order valence-corrected chi connectivity index (χ0v) is 8.75. The number of hydrogen-bond donors (Lipinski definition) is 0. The van der Waals surface area contributed by atoms with Crippen LogP contribution in [0.25, 0.3) is 0 Å². The maximum absolute atomic E-state index is 11.8. The summed E-state index contributed by atoms with van der Waals surface area (Å²) in [4.78, 5) is 15.7. The molecule has 2 amide bonds. The van der Waals surface area contributed by atoms with Crippen molar-refractivity contribution in [1.29, 1.82) is 0 Å². The van der Waals surface area contributed by atoms with Crippen LogP contribution in [0.15, 0.2) is 0 Å². The molecule has 3 nitrogen and oxygen atoms in total. The lowest BCUT2D eigenvalue weighted by molar-refractivity contribution is 0.165. The summed E-state index contributed by atoms with van der Waals surface area (Å²) in [6.07, 6.45) is 3.40. The summed E-state index contributed by atoms with van der Waals surface area (Å²) in [7, 11) is 0. The molecule has 13 heavy (non-hydrogen) atoms. The SMILES string of the molecule is CCCN(CC)C(=O)N1CCCC1. The number of amides is 2. The van der Waals surface area contributed by atoms with Gasteiger partial charge in [0.1, 0.15) is 0 Å². The summed E-state index contributed by atoms with van der Waals surface area (Å²) < 4.78 is 0. The number of carbonyl (C=O) groups excluding carboxylic acids is 1. The molecule has 0 spiro atoms. The molecule has 0 atom stereocenters. The van der Waals surface area contributed by atoms with Gasteiger partial charge in [0.2, 0.25) is 0 Å². The van der Waals surface area contributed by atoms with Crippen molar-refractivity contribution >= 4 is 6.03 Å². The Labute approximate surface area is 80.7 Å². The predicted molar refractivity (Wildman–Crippen MR) is 53.7 cm³/mol. The normalized spacial score (nSPS) is 16.3. The highest BCUT2D eigenvalue weighted by Gasteiger charge is 2.21. The van der Waals surface area contributed by atoms with E-state index in [0.717, 1.165) is 32.6 Å². The number of urea groups is 1. The fraction of sp³-hybridized carbons (Fsp3) is 0.900. The van der Waals surface area contributed by atoms with E-state index in [1.165, 1.54) is 12.8 Å². The van der Waals surface area contributed by atoms with Crippen molar-refractivity contribution in [3.63, 3.8) is 0 Å². The highest BCUT2D eigenvalue weighted by Crippen LogP contribution is 2.10. The molecule has 0 aromatic rings. The van der Waals surface area contributed by atoms with Gasteiger partial charge in [-0.05, 0) is 26.2 Å². The van der Waals surface area contributed by atoms with E-state index in [0.29, 0.717) is 0 Å². The number of nitrogens with zero attached hydrogens (tertiary/aromatic N) is 2. The van der Waals surface area contributed by atoms with Gasteiger partial charge in [-0.1, -0.05) is 6.92 Å². The quantitative estimate of drug-likeness (QED) is 0.657. The van der Waals surface area contributed by atoms with E-state index in [1.54, 1.807) is 0 Å². The second-order valence-electron chi connectivity index (χ2n) is 3.56. The van der Waals surface area contributed by atoms with Gasteiger partial charge < -0.3 is 9.80 Å². The molecule has 0 unspecified atom stereocenters. The van der Waals surface area contributed by atoms with Crippen LogP contribution in [0.2, 0.25) is 0 Å². The van der Waals surface area contributed by atoms with Gasteiger partial charge in [-0.2, -0.15) is 0 Å². The molecule has 0 aromatic heterocycles. The molecule has 1 fully saturated rings. The van der Waals surface area contributed by atoms with Gasteiger partial charge in [0.05, 0.1) is 0 Å². The maximum Gasteiger partial charge on any atom is 0.319 e. The van der Waals surface area contributed by atoms with Gasteiger partial charge in [0, 0.05) is 26.2 Å². The molecule has 0 bridgehead atoms. The third-order valence-electron chi connectivity index (χ3n) is 2.52. The van der Waals surface area contributed by atoms with Crippen LogP contribution in [0.1, 0.15) is 33.1 Å². The Morgan fingerprint density at radius 1 is 1.31 bits per heavy atom. The van der Waals surface area contributed by atoms with Crippen LogP contribution in [0.5, 0.6) is 0 Å². The van der Waals surface area contributed by atoms with Gasteiger partial charge in [-0.15, -0.1) is 0 Å². The first-order chi connectivity index (χ1) is 6.29. The molecular weight excluding hydrogens is 164 g/mol. The Hall–Kier alpha value is -0.730. The Morgan fingerprint density at radius 2 is 1.92 bits per heavy atom. The summed E-state index contributed by atoms with van der Waals surface area (Å²) >= 11 is 0. The largest absolute Gasteiger partial charge is 0.325 e. The minimum Gasteiger partial charge on any atom is -0.325 e. The van der Waals surface area contributed by atoms with Crippen LogP contribution in [0.3, 0.4) is 0 Å². The molecule has 76 valence electrons. The number of hydrogen-bond acceptors (Lipinski definition) is 1. The molecule has 0 N–H and O–H groups in total. The highest BCUT2D eigenvalue weighted by molar-refractivity contribution is 5.74. The molecule has 0 radical (unpaired) electrons. The van der Waals surface area contributed by atoms with Gasteiger partial charge >= 0.3 is 6.03 Å². The van der Waals surface area contributed by atoms with Gasteiger partial charge in [0.15, 0.2) is 0 Å². The Morgan fingerprint density at radius 3 is 2.38 bits per heavy atom. The Kier molecular flexibility index (Phi) is 4.06. The molecule has 3 heteroatoms. The van der Waals surface area contributed by atoms with E-state index < -0.39 is 0 Å². The van der Waals surface area contributed by atoms with Crippen molar-refractivity contribution in [3.05, 3.63) is 0 Å². The fourth-order valence-electron chi connectivity index (χ4n) is 1.77. The summed E-state index contributed by atoms with van der Waals surface area (Å²) in [5, 5.41) is 0. The van der Waals surface area contributed by atoms with E-state index in [1.807, 2.05) is 16.7 Å². The minimum atomic E-state index is 0.238. The zero-order chi connectivity index (χ0) is 9.68. The van der Waals surface area contributed by atoms with E-state index in [4.69, 9.17) is 0 Å². The van der Waals surface area contributed by atoms with Crippen molar-refractivity contribution in [1.82, 2.24) is 9.80 Å². The van der Waals surface area contributed by atoms with Crippen LogP contribution in [0, 0.1) is 0 Å². The molecular formula is C10H20N2O. The first-order valence-corrected chi connectivity index (χ1v) is 5.33. The first-order valence-electron chi connectivity index (χ1n) is 5.33. The fourth-order valence-corrected chi connectivity index (χ4v) is 1.77. The topological polar surface area (TPSA) is 23.6 Å². The average Bonchev–Trinajstić information content (AvgIpc) is 2.65. The first kappa shape index (κ1) is 10.4. The second kappa shape index (κ2) is 5.10. The molecule has 0 aromatic carbocycles. The van der Waals surface area contributed by atoms with Crippen LogP contribution in [0.4, 0.5) is 4.79 Å². The monoisotopic (exact) mass is 184 g/mol. The van der Waals surface area contributed by atoms with Crippen LogP contribution in [-0.4, -0.2) is 42.0 Å². The number of carbonyl (C=O) groups is 1. The number of rotatable bonds is 3. The van der Waals surface area contributed by atoms with Crippen LogP contribution < -0.4 is 0 Å². The molecule has 1 saturated heterocycles. The second-order valence-corrected chi connectivity index (χ2v) is 3.56. The summed E-state index contributed by atoms with van der Waals surface area (Å²) in [6, 6.07) is 0.238. The lowest BCUT2D eigenvalue weighted by Crippen LogP contribution is -2.41. The lowest BCUT2D eigenvalue weighted by Gasteiger charge is -2.26. The maximum atomic E-state index is 11.8. The number of likely N-dealkylation sites (tertiary alicyclic amines) is 1. The summed E-state index contributed by atoms with van der Waals surface area (Å²) in [5.74, 6) is 0. The smallest absolute Gasteiger partial charge is 0.319 e. The standard InChI is InChI=1S/C10H20N2O/c1-3-7-11(4-2)10(13)12-8-5-6-9-12/h3-9H2,1-2H3. The van der Waals surface area contributed by atoms with E-state index in [9.17, 15) is 4.79 Å². The Balaban J connectivity index is 2.42. The van der Waals surface area contributed by atoms with Crippen molar-refractivity contribution < 1.29 is 4.79 Å². The third kappa shape index (κ3) is 2.61. The summed E-state index contributed by atoms with van der Waals surface area (Å²) in [5.41, 5.74) is 0. The third-order valence-corrected chi connectivity index (χ3v) is 2.52. The van der Waals surface area contributed by atoms with Gasteiger partial charge in [0.25, 0.3) is 0 Å². The zero-order valence-electron chi connectivity index (χ0n) is 8.75.